The number of nitrogens with zero attached hydrogens (tertiary/aromatic N) is 1. The molecule has 0 aliphatic carbocycles. The SMILES string of the molecule is CCCC(C)N(c1cccc2ccccc12)S(=O)(=O)C(F)(F)F.Nc1cccc2ccccc12. The summed E-state index contributed by atoms with van der Waals surface area (Å²) in [6, 6.07) is 24.8. The Hall–Kier alpha value is -3.26. The van der Waals surface area contributed by atoms with Crippen molar-refractivity contribution in [2.45, 2.75) is 38.2 Å². The number of alkyl halides is 3. The van der Waals surface area contributed by atoms with Gasteiger partial charge in [-0.2, -0.15) is 21.6 Å². The van der Waals surface area contributed by atoms with Gasteiger partial charge in [-0.25, -0.2) is 0 Å². The van der Waals surface area contributed by atoms with Crippen molar-refractivity contribution in [3.8, 4) is 0 Å². The summed E-state index contributed by atoms with van der Waals surface area (Å²) >= 11 is 0. The predicted octanol–water partition coefficient (Wildman–Crippen LogP) is 7.11. The number of rotatable bonds is 5. The molecule has 4 rings (SSSR count). The molecule has 0 aliphatic heterocycles. The molecular formula is C26H27F3N2O2S. The Morgan fingerprint density at radius 2 is 1.32 bits per heavy atom. The molecule has 1 atom stereocenters. The first-order valence-electron chi connectivity index (χ1n) is 10.9. The van der Waals surface area contributed by atoms with E-state index in [0.29, 0.717) is 27.9 Å². The van der Waals surface area contributed by atoms with Crippen molar-refractivity contribution in [2.24, 2.45) is 0 Å². The zero-order valence-electron chi connectivity index (χ0n) is 19.0. The lowest BCUT2D eigenvalue weighted by atomic mass is 10.1. The van der Waals surface area contributed by atoms with Gasteiger partial charge in [0.2, 0.25) is 0 Å². The van der Waals surface area contributed by atoms with Gasteiger partial charge in [0.15, 0.2) is 0 Å². The molecule has 0 saturated carbocycles. The first-order valence-corrected chi connectivity index (χ1v) is 12.3. The molecule has 8 heteroatoms. The fraction of sp³-hybridized carbons (Fsp3) is 0.231. The van der Waals surface area contributed by atoms with E-state index in [1.165, 1.54) is 18.4 Å². The summed E-state index contributed by atoms with van der Waals surface area (Å²) in [5.74, 6) is 0. The van der Waals surface area contributed by atoms with Gasteiger partial charge in [-0.3, -0.25) is 4.31 Å². The van der Waals surface area contributed by atoms with Gasteiger partial charge in [0, 0.05) is 22.5 Å². The molecule has 2 N–H and O–H groups in total. The number of fused-ring (bicyclic) bond motifs is 2. The van der Waals surface area contributed by atoms with Crippen molar-refractivity contribution in [3.05, 3.63) is 84.9 Å². The van der Waals surface area contributed by atoms with Crippen LogP contribution in [0, 0.1) is 0 Å². The highest BCUT2D eigenvalue weighted by molar-refractivity contribution is 7.93. The van der Waals surface area contributed by atoms with Crippen molar-refractivity contribution in [1.29, 1.82) is 0 Å². The fourth-order valence-corrected chi connectivity index (χ4v) is 5.12. The van der Waals surface area contributed by atoms with Crippen LogP contribution >= 0.6 is 0 Å². The van der Waals surface area contributed by atoms with Crippen LogP contribution in [0.3, 0.4) is 0 Å². The third-order valence-corrected chi connectivity index (χ3v) is 7.15. The average molecular weight is 489 g/mol. The zero-order valence-corrected chi connectivity index (χ0v) is 19.8. The summed E-state index contributed by atoms with van der Waals surface area (Å²) in [7, 11) is -5.47. The molecule has 4 aromatic carbocycles. The number of hydrogen-bond acceptors (Lipinski definition) is 3. The summed E-state index contributed by atoms with van der Waals surface area (Å²) in [6.45, 7) is 3.30. The Kier molecular flexibility index (Phi) is 7.71. The molecule has 180 valence electrons. The van der Waals surface area contributed by atoms with Crippen LogP contribution in [0.1, 0.15) is 26.7 Å². The van der Waals surface area contributed by atoms with E-state index < -0.39 is 21.6 Å². The molecule has 1 unspecified atom stereocenters. The molecule has 4 aromatic rings. The second-order valence-corrected chi connectivity index (χ2v) is 9.76. The van der Waals surface area contributed by atoms with E-state index in [1.54, 1.807) is 43.3 Å². The van der Waals surface area contributed by atoms with Crippen LogP contribution in [-0.2, 0) is 10.0 Å². The largest absolute Gasteiger partial charge is 0.516 e. The molecule has 0 radical (unpaired) electrons. The summed E-state index contributed by atoms with van der Waals surface area (Å²) in [4.78, 5) is 0. The van der Waals surface area contributed by atoms with E-state index in [0.717, 1.165) is 11.1 Å². The van der Waals surface area contributed by atoms with E-state index >= 15 is 0 Å². The van der Waals surface area contributed by atoms with Gasteiger partial charge in [-0.05, 0) is 36.2 Å². The van der Waals surface area contributed by atoms with E-state index in [-0.39, 0.29) is 5.69 Å². The minimum Gasteiger partial charge on any atom is -0.398 e. The Balaban J connectivity index is 0.000000243. The number of hydrogen-bond donors (Lipinski definition) is 1. The van der Waals surface area contributed by atoms with Crippen LogP contribution < -0.4 is 10.0 Å². The second kappa shape index (κ2) is 10.3. The van der Waals surface area contributed by atoms with Crippen LogP contribution in [0.2, 0.25) is 0 Å². The number of sulfonamides is 1. The first-order chi connectivity index (χ1) is 16.1. The van der Waals surface area contributed by atoms with Crippen LogP contribution in [0.5, 0.6) is 0 Å². The van der Waals surface area contributed by atoms with Crippen molar-refractivity contribution in [3.63, 3.8) is 0 Å². The highest BCUT2D eigenvalue weighted by atomic mass is 32.2. The molecule has 0 aromatic heterocycles. The van der Waals surface area contributed by atoms with E-state index in [4.69, 9.17) is 5.73 Å². The Labute approximate surface area is 197 Å². The molecule has 0 heterocycles. The monoisotopic (exact) mass is 488 g/mol. The van der Waals surface area contributed by atoms with Crippen LogP contribution in [0.4, 0.5) is 24.5 Å². The number of nitrogens with two attached hydrogens (primary N) is 1. The van der Waals surface area contributed by atoms with Gasteiger partial charge in [-0.15, -0.1) is 0 Å². The lowest BCUT2D eigenvalue weighted by Crippen LogP contribution is -2.46. The fourth-order valence-electron chi connectivity index (χ4n) is 3.90. The van der Waals surface area contributed by atoms with Crippen molar-refractivity contribution >= 4 is 42.9 Å². The average Bonchev–Trinajstić information content (AvgIpc) is 2.79. The molecule has 34 heavy (non-hydrogen) atoms. The standard InChI is InChI=1S/C16H18F3NO2S.C10H9N/c1-3-7-12(2)20(23(21,22)16(17,18)19)15-11-6-9-13-8-4-5-10-14(13)15;11-10-7-3-5-8-4-1-2-6-9(8)10/h4-6,8-12H,3,7H2,1-2H3;1-7H,11H2. The number of halogens is 3. The smallest absolute Gasteiger partial charge is 0.398 e. The van der Waals surface area contributed by atoms with Crippen LogP contribution in [-0.4, -0.2) is 20.0 Å². The van der Waals surface area contributed by atoms with Crippen molar-refractivity contribution < 1.29 is 21.6 Å². The topological polar surface area (TPSA) is 63.4 Å². The lowest BCUT2D eigenvalue weighted by Gasteiger charge is -2.31. The Morgan fingerprint density at radius 3 is 1.88 bits per heavy atom. The molecule has 0 spiro atoms. The molecule has 4 nitrogen and oxygen atoms in total. The Bertz CT molecular complexity index is 1360. The minimum absolute atomic E-state index is 0.0568. The van der Waals surface area contributed by atoms with Gasteiger partial charge >= 0.3 is 15.5 Å². The van der Waals surface area contributed by atoms with Gasteiger partial charge in [0.25, 0.3) is 0 Å². The third-order valence-electron chi connectivity index (χ3n) is 5.49. The van der Waals surface area contributed by atoms with Crippen molar-refractivity contribution in [2.75, 3.05) is 10.0 Å². The minimum atomic E-state index is -5.47. The van der Waals surface area contributed by atoms with Gasteiger partial charge in [0.05, 0.1) is 5.69 Å². The molecule has 0 bridgehead atoms. The summed E-state index contributed by atoms with van der Waals surface area (Å²) < 4.78 is 64.2. The van der Waals surface area contributed by atoms with Crippen LogP contribution in [0.15, 0.2) is 84.9 Å². The zero-order chi connectivity index (χ0) is 24.9. The highest BCUT2D eigenvalue weighted by Gasteiger charge is 2.51. The summed E-state index contributed by atoms with van der Waals surface area (Å²) in [6.07, 6.45) is 0.911. The van der Waals surface area contributed by atoms with Gasteiger partial charge in [0.1, 0.15) is 0 Å². The normalized spacial score (nSPS) is 12.7. The predicted molar refractivity (Wildman–Crippen MR) is 134 cm³/mol. The second-order valence-electron chi connectivity index (χ2n) is 7.95. The number of anilines is 2. The van der Waals surface area contributed by atoms with Gasteiger partial charge in [-0.1, -0.05) is 86.1 Å². The molecular weight excluding hydrogens is 461 g/mol. The van der Waals surface area contributed by atoms with E-state index in [2.05, 4.69) is 12.1 Å². The van der Waals surface area contributed by atoms with Gasteiger partial charge < -0.3 is 5.73 Å². The maximum absolute atomic E-state index is 13.1. The Morgan fingerprint density at radius 1 is 0.824 bits per heavy atom. The summed E-state index contributed by atoms with van der Waals surface area (Å²) in [5.41, 5.74) is 1.32. The third kappa shape index (κ3) is 5.28. The van der Waals surface area contributed by atoms with E-state index in [1.807, 2.05) is 30.3 Å². The molecule has 0 saturated heterocycles. The molecule has 0 amide bonds. The maximum Gasteiger partial charge on any atom is 0.516 e. The highest BCUT2D eigenvalue weighted by Crippen LogP contribution is 2.37. The number of benzene rings is 4. The molecule has 0 fully saturated rings. The lowest BCUT2D eigenvalue weighted by molar-refractivity contribution is -0.0440. The molecule has 0 aliphatic rings. The quantitative estimate of drug-likeness (QED) is 0.305. The first kappa shape index (κ1) is 25.4. The summed E-state index contributed by atoms with van der Waals surface area (Å²) in [5, 5.41) is 3.50. The number of nitrogen functional groups attached to an aromatic ring is 1. The van der Waals surface area contributed by atoms with E-state index in [9.17, 15) is 21.6 Å². The van der Waals surface area contributed by atoms with Crippen LogP contribution in [0.25, 0.3) is 21.5 Å². The maximum atomic E-state index is 13.1. The van der Waals surface area contributed by atoms with Crippen molar-refractivity contribution in [1.82, 2.24) is 0 Å².